The number of rotatable bonds is 8. The number of aryl methyl sites for hydroxylation is 1. The van der Waals surface area contributed by atoms with Gasteiger partial charge < -0.3 is 15.0 Å². The molecule has 2 aliphatic rings. The summed E-state index contributed by atoms with van der Waals surface area (Å²) in [4.78, 5) is 23.2. The smallest absolute Gasteiger partial charge is 0.160 e. The first-order chi connectivity index (χ1) is 20.0. The molecule has 1 aliphatic carbocycles. The molecular weight excluding hydrogens is 516 g/mol. The van der Waals surface area contributed by atoms with Crippen molar-refractivity contribution >= 4 is 34.1 Å². The van der Waals surface area contributed by atoms with Gasteiger partial charge in [0.1, 0.15) is 29.7 Å². The Hall–Kier alpha value is -4.73. The number of nitrogens with zero attached hydrogens (tertiary/aromatic N) is 7. The van der Waals surface area contributed by atoms with E-state index in [1.54, 1.807) is 10.8 Å². The number of aromatic nitrogens is 6. The second-order valence-electron chi connectivity index (χ2n) is 11.4. The molecule has 10 nitrogen and oxygen atoms in total. The van der Waals surface area contributed by atoms with Gasteiger partial charge in [0.25, 0.3) is 0 Å². The highest BCUT2D eigenvalue weighted by atomic mass is 16.5. The fraction of sp³-hybridized carbons (Fsp3) is 0.323. The lowest BCUT2D eigenvalue weighted by Gasteiger charge is -2.55. The average molecular weight is 549 g/mol. The van der Waals surface area contributed by atoms with Gasteiger partial charge in [-0.15, -0.1) is 0 Å². The number of pyridine rings is 1. The quantitative estimate of drug-likeness (QED) is 0.244. The number of hydrogen-bond donors (Lipinski definition) is 1. The second kappa shape index (κ2) is 10.0. The molecule has 1 aliphatic heterocycles. The van der Waals surface area contributed by atoms with Gasteiger partial charge in [-0.3, -0.25) is 4.79 Å². The van der Waals surface area contributed by atoms with Crippen molar-refractivity contribution in [3.63, 3.8) is 0 Å². The zero-order chi connectivity index (χ0) is 28.0. The van der Waals surface area contributed by atoms with Gasteiger partial charge >= 0.3 is 0 Å². The molecule has 0 amide bonds. The Morgan fingerprint density at radius 3 is 2.80 bits per heavy atom. The lowest BCUT2D eigenvalue weighted by atomic mass is 9.64. The van der Waals surface area contributed by atoms with Gasteiger partial charge in [0.15, 0.2) is 17.2 Å². The summed E-state index contributed by atoms with van der Waals surface area (Å²) in [6, 6.07) is 11.9. The van der Waals surface area contributed by atoms with E-state index in [1.165, 1.54) is 25.2 Å². The van der Waals surface area contributed by atoms with Crippen molar-refractivity contribution in [1.82, 2.24) is 29.2 Å². The fourth-order valence-electron chi connectivity index (χ4n) is 6.60. The molecular formula is C31H32N8O2. The highest BCUT2D eigenvalue weighted by Crippen LogP contribution is 2.49. The summed E-state index contributed by atoms with van der Waals surface area (Å²) in [6.07, 6.45) is 13.7. The molecule has 0 bridgehead atoms. The standard InChI is InChI=1S/C31H32N8O2/c1-3-24(40)14-22-5-4-10-31(16-22)17-37(18-31)26-9-12-39-29(26)30(33-20-35-39)36-23-6-7-27(21(2)13-23)41-25-8-11-38-28(15-25)32-19-34-38/h3,6-9,11-13,15,19-20,22H,1,4-5,10,14,16-18H2,2H3,(H,33,35,36). The van der Waals surface area contributed by atoms with Crippen molar-refractivity contribution in [2.24, 2.45) is 11.3 Å². The van der Waals surface area contributed by atoms with Crippen LogP contribution in [0, 0.1) is 18.3 Å². The van der Waals surface area contributed by atoms with E-state index in [0.29, 0.717) is 18.1 Å². The molecule has 1 N–H and O–H groups in total. The predicted molar refractivity (Wildman–Crippen MR) is 157 cm³/mol. The van der Waals surface area contributed by atoms with E-state index < -0.39 is 0 Å². The van der Waals surface area contributed by atoms with Gasteiger partial charge in [-0.2, -0.15) is 10.2 Å². The van der Waals surface area contributed by atoms with E-state index in [-0.39, 0.29) is 11.2 Å². The minimum absolute atomic E-state index is 0.165. The number of benzene rings is 1. The maximum Gasteiger partial charge on any atom is 0.160 e. The summed E-state index contributed by atoms with van der Waals surface area (Å²) in [5, 5.41) is 12.1. The summed E-state index contributed by atoms with van der Waals surface area (Å²) in [5.41, 5.74) is 5.00. The van der Waals surface area contributed by atoms with Crippen LogP contribution in [0.4, 0.5) is 17.2 Å². The lowest BCUT2D eigenvalue weighted by Crippen LogP contribution is -2.58. The van der Waals surface area contributed by atoms with Crippen molar-refractivity contribution in [1.29, 1.82) is 0 Å². The number of carbonyl (C=O) groups excluding carboxylic acids is 1. The topological polar surface area (TPSA) is 102 Å². The number of anilines is 3. The van der Waals surface area contributed by atoms with Crippen LogP contribution in [0.2, 0.25) is 0 Å². The zero-order valence-electron chi connectivity index (χ0n) is 23.0. The summed E-state index contributed by atoms with van der Waals surface area (Å²) in [5.74, 6) is 2.85. The molecule has 10 heteroatoms. The lowest BCUT2D eigenvalue weighted by molar-refractivity contribution is -0.116. The number of fused-ring (bicyclic) bond motifs is 2. The third kappa shape index (κ3) is 4.79. The molecule has 1 atom stereocenters. The van der Waals surface area contributed by atoms with E-state index in [1.807, 2.05) is 48.1 Å². The molecule has 4 aromatic heterocycles. The Balaban J connectivity index is 1.08. The summed E-state index contributed by atoms with van der Waals surface area (Å²) in [6.45, 7) is 7.66. The summed E-state index contributed by atoms with van der Waals surface area (Å²) < 4.78 is 9.72. The number of carbonyl (C=O) groups is 1. The molecule has 5 aromatic rings. The van der Waals surface area contributed by atoms with Crippen LogP contribution in [0.5, 0.6) is 11.5 Å². The van der Waals surface area contributed by atoms with Crippen LogP contribution >= 0.6 is 0 Å². The Morgan fingerprint density at radius 2 is 1.95 bits per heavy atom. The number of ketones is 1. The molecule has 5 heterocycles. The second-order valence-corrected chi connectivity index (χ2v) is 11.4. The molecule has 7 rings (SSSR count). The normalized spacial score (nSPS) is 18.0. The van der Waals surface area contributed by atoms with E-state index >= 15 is 0 Å². The largest absolute Gasteiger partial charge is 0.457 e. The van der Waals surface area contributed by atoms with Gasteiger partial charge in [0.05, 0.1) is 5.69 Å². The fourth-order valence-corrected chi connectivity index (χ4v) is 6.60. The van der Waals surface area contributed by atoms with Crippen LogP contribution in [0.1, 0.15) is 37.7 Å². The Kier molecular flexibility index (Phi) is 6.18. The Labute approximate surface area is 237 Å². The maximum atomic E-state index is 12.0. The Morgan fingerprint density at radius 1 is 1.12 bits per heavy atom. The van der Waals surface area contributed by atoms with Gasteiger partial charge in [0.2, 0.25) is 0 Å². The molecule has 41 heavy (non-hydrogen) atoms. The van der Waals surface area contributed by atoms with Crippen LogP contribution in [0.25, 0.3) is 11.2 Å². The summed E-state index contributed by atoms with van der Waals surface area (Å²) >= 11 is 0. The van der Waals surface area contributed by atoms with Gasteiger partial charge in [-0.05, 0) is 74.1 Å². The molecule has 0 radical (unpaired) electrons. The molecule has 1 aromatic carbocycles. The van der Waals surface area contributed by atoms with E-state index in [9.17, 15) is 4.79 Å². The third-order valence-electron chi connectivity index (χ3n) is 8.50. The maximum absolute atomic E-state index is 12.0. The van der Waals surface area contributed by atoms with Crippen LogP contribution in [0.15, 0.2) is 74.1 Å². The van der Waals surface area contributed by atoms with E-state index in [2.05, 4.69) is 49.1 Å². The summed E-state index contributed by atoms with van der Waals surface area (Å²) in [7, 11) is 0. The van der Waals surface area contributed by atoms with Crippen LogP contribution in [-0.2, 0) is 4.79 Å². The van der Waals surface area contributed by atoms with Crippen molar-refractivity contribution in [2.75, 3.05) is 23.3 Å². The number of allylic oxidation sites excluding steroid dienone is 1. The Bertz CT molecular complexity index is 1770. The number of hydrogen-bond acceptors (Lipinski definition) is 8. The molecule has 1 saturated heterocycles. The number of ether oxygens (including phenoxy) is 1. The van der Waals surface area contributed by atoms with Crippen LogP contribution < -0.4 is 15.0 Å². The molecule has 1 unspecified atom stereocenters. The van der Waals surface area contributed by atoms with E-state index in [4.69, 9.17) is 4.74 Å². The van der Waals surface area contributed by atoms with Gasteiger partial charge in [-0.25, -0.2) is 19.0 Å². The van der Waals surface area contributed by atoms with Crippen molar-refractivity contribution in [2.45, 2.75) is 39.0 Å². The SMILES string of the molecule is C=CC(=O)CC1CCCC2(C1)CN(c1ccn3ncnc(Nc4ccc(Oc5ccn6ncnc6c5)c(C)c4)c13)C2. The number of nitrogens with one attached hydrogen (secondary N) is 1. The first kappa shape index (κ1) is 25.3. The average Bonchev–Trinajstić information content (AvgIpc) is 3.61. The minimum Gasteiger partial charge on any atom is -0.457 e. The van der Waals surface area contributed by atoms with Crippen LogP contribution in [0.3, 0.4) is 0 Å². The first-order valence-electron chi connectivity index (χ1n) is 14.1. The first-order valence-corrected chi connectivity index (χ1v) is 14.1. The highest BCUT2D eigenvalue weighted by molar-refractivity contribution is 5.89. The molecule has 1 saturated carbocycles. The van der Waals surface area contributed by atoms with Gasteiger partial charge in [0, 0.05) is 49.1 Å². The molecule has 208 valence electrons. The molecule has 1 spiro atoms. The minimum atomic E-state index is 0.165. The van der Waals surface area contributed by atoms with Crippen molar-refractivity contribution < 1.29 is 9.53 Å². The highest BCUT2D eigenvalue weighted by Gasteiger charge is 2.46. The predicted octanol–water partition coefficient (Wildman–Crippen LogP) is 5.76. The van der Waals surface area contributed by atoms with Crippen LogP contribution in [-0.4, -0.2) is 48.1 Å². The monoisotopic (exact) mass is 548 g/mol. The van der Waals surface area contributed by atoms with Crippen molar-refractivity contribution in [3.8, 4) is 11.5 Å². The van der Waals surface area contributed by atoms with E-state index in [0.717, 1.165) is 65.6 Å². The third-order valence-corrected chi connectivity index (χ3v) is 8.50. The zero-order valence-corrected chi connectivity index (χ0v) is 23.0. The molecule has 2 fully saturated rings. The van der Waals surface area contributed by atoms with Gasteiger partial charge in [-0.1, -0.05) is 13.0 Å². The van der Waals surface area contributed by atoms with Crippen molar-refractivity contribution in [3.05, 3.63) is 79.7 Å².